The van der Waals surface area contributed by atoms with Gasteiger partial charge in [-0.1, -0.05) is 63.3 Å². The number of nitrogens with zero attached hydrogens (tertiary/aromatic N) is 2. The Bertz CT molecular complexity index is 911. The Morgan fingerprint density at radius 1 is 1.09 bits per heavy atom. The number of hydrogen-bond acceptors (Lipinski definition) is 6. The van der Waals surface area contributed by atoms with Crippen molar-refractivity contribution >= 4 is 14.0 Å². The van der Waals surface area contributed by atoms with Gasteiger partial charge in [0.2, 0.25) is 0 Å². The fourth-order valence-corrected chi connectivity index (χ4v) is 4.06. The van der Waals surface area contributed by atoms with Crippen LogP contribution in [0.25, 0.3) is 0 Å². The van der Waals surface area contributed by atoms with E-state index in [0.717, 1.165) is 0 Å². The molecule has 0 saturated heterocycles. The number of aliphatic hydroxyl groups is 1. The van der Waals surface area contributed by atoms with Gasteiger partial charge < -0.3 is 14.3 Å². The predicted octanol–water partition coefficient (Wildman–Crippen LogP) is 5.41. The molecule has 0 bridgehead atoms. The van der Waals surface area contributed by atoms with Gasteiger partial charge in [0, 0.05) is 31.8 Å². The average molecular weight is 487 g/mol. The van der Waals surface area contributed by atoms with Crippen molar-refractivity contribution in [1.82, 2.24) is 4.90 Å². The zero-order valence-electron chi connectivity index (χ0n) is 20.9. The molecule has 0 heterocycles. The molecular formula is C26H38N2O5Si. The Morgan fingerprint density at radius 2 is 1.74 bits per heavy atom. The van der Waals surface area contributed by atoms with Crippen LogP contribution >= 0.6 is 0 Å². The summed E-state index contributed by atoms with van der Waals surface area (Å²) in [5.74, 6) is 0.578. The first-order valence-electron chi connectivity index (χ1n) is 11.6. The van der Waals surface area contributed by atoms with Gasteiger partial charge in [0.15, 0.2) is 8.32 Å². The highest BCUT2D eigenvalue weighted by Crippen LogP contribution is 2.36. The van der Waals surface area contributed by atoms with Crippen LogP contribution in [-0.2, 0) is 11.0 Å². The lowest BCUT2D eigenvalue weighted by atomic mass is 10.2. The fourth-order valence-electron chi connectivity index (χ4n) is 3.02. The molecule has 2 aromatic rings. The molecule has 34 heavy (non-hydrogen) atoms. The van der Waals surface area contributed by atoms with E-state index >= 15 is 0 Å². The third kappa shape index (κ3) is 9.38. The number of nitro groups is 1. The average Bonchev–Trinajstić information content (AvgIpc) is 2.77. The van der Waals surface area contributed by atoms with Gasteiger partial charge in [-0.05, 0) is 35.8 Å². The maximum Gasteiger partial charge on any atom is 0.269 e. The van der Waals surface area contributed by atoms with Crippen molar-refractivity contribution < 1.29 is 19.2 Å². The summed E-state index contributed by atoms with van der Waals surface area (Å²) >= 11 is 0. The smallest absolute Gasteiger partial charge is 0.269 e. The van der Waals surface area contributed by atoms with Crippen LogP contribution in [-0.4, -0.2) is 55.7 Å². The summed E-state index contributed by atoms with van der Waals surface area (Å²) in [6.45, 7) is 13.5. The summed E-state index contributed by atoms with van der Waals surface area (Å²) in [6.07, 6.45) is 3.34. The van der Waals surface area contributed by atoms with Gasteiger partial charge in [-0.2, -0.15) is 0 Å². The van der Waals surface area contributed by atoms with E-state index in [-0.39, 0.29) is 10.7 Å². The van der Waals surface area contributed by atoms with E-state index in [2.05, 4.69) is 50.9 Å². The lowest BCUT2D eigenvalue weighted by Crippen LogP contribution is -2.44. The minimum atomic E-state index is -1.92. The van der Waals surface area contributed by atoms with Crippen LogP contribution in [0, 0.1) is 10.1 Å². The van der Waals surface area contributed by atoms with Gasteiger partial charge in [0.05, 0.1) is 17.6 Å². The Labute approximate surface area is 204 Å². The van der Waals surface area contributed by atoms with Crippen molar-refractivity contribution in [3.05, 3.63) is 82.4 Å². The zero-order chi connectivity index (χ0) is 25.2. The second-order valence-corrected chi connectivity index (χ2v) is 14.7. The van der Waals surface area contributed by atoms with Gasteiger partial charge in [-0.3, -0.25) is 15.0 Å². The molecule has 2 rings (SSSR count). The quantitative estimate of drug-likeness (QED) is 0.176. The van der Waals surface area contributed by atoms with Crippen LogP contribution in [0.4, 0.5) is 5.69 Å². The molecular weight excluding hydrogens is 448 g/mol. The van der Waals surface area contributed by atoms with Crippen LogP contribution in [0.5, 0.6) is 5.75 Å². The highest BCUT2D eigenvalue weighted by Gasteiger charge is 2.37. The number of ether oxygens (including phenoxy) is 1. The summed E-state index contributed by atoms with van der Waals surface area (Å²) in [6, 6.07) is 16.2. The summed E-state index contributed by atoms with van der Waals surface area (Å²) in [7, 11) is -1.92. The molecule has 0 spiro atoms. The van der Waals surface area contributed by atoms with E-state index in [0.29, 0.717) is 38.6 Å². The minimum absolute atomic E-state index is 0.0375. The van der Waals surface area contributed by atoms with Crippen LogP contribution in [0.3, 0.4) is 0 Å². The maximum atomic E-state index is 10.7. The minimum Gasteiger partial charge on any atom is -0.490 e. The molecule has 0 unspecified atom stereocenters. The van der Waals surface area contributed by atoms with Gasteiger partial charge in [-0.15, -0.1) is 0 Å². The third-order valence-electron chi connectivity index (χ3n) is 6.08. The molecule has 0 aliphatic carbocycles. The summed E-state index contributed by atoms with van der Waals surface area (Å²) < 4.78 is 11.8. The van der Waals surface area contributed by atoms with Crippen molar-refractivity contribution in [3.8, 4) is 5.75 Å². The van der Waals surface area contributed by atoms with Gasteiger partial charge in [0.25, 0.3) is 5.69 Å². The first kappa shape index (κ1) is 27.7. The SMILES string of the molecule is CC(C)(C)[Si](C)(C)OC[C@@H](O)CN(C/C=C/COc1ccc([N+](=O)[O-])cc1)Cc1ccccc1. The van der Waals surface area contributed by atoms with Gasteiger partial charge in [0.1, 0.15) is 12.4 Å². The molecule has 7 nitrogen and oxygen atoms in total. The molecule has 0 aliphatic rings. The van der Waals surface area contributed by atoms with Gasteiger partial charge >= 0.3 is 0 Å². The predicted molar refractivity (Wildman–Crippen MR) is 139 cm³/mol. The maximum absolute atomic E-state index is 10.7. The lowest BCUT2D eigenvalue weighted by Gasteiger charge is -2.37. The van der Waals surface area contributed by atoms with Crippen LogP contribution in [0.1, 0.15) is 26.3 Å². The molecule has 0 aromatic heterocycles. The summed E-state index contributed by atoms with van der Waals surface area (Å²) in [4.78, 5) is 12.5. The molecule has 0 amide bonds. The molecule has 0 fully saturated rings. The molecule has 1 atom stereocenters. The number of non-ortho nitro benzene ring substituents is 1. The highest BCUT2D eigenvalue weighted by atomic mass is 28.4. The number of benzene rings is 2. The third-order valence-corrected chi connectivity index (χ3v) is 10.6. The van der Waals surface area contributed by atoms with E-state index in [4.69, 9.17) is 9.16 Å². The van der Waals surface area contributed by atoms with Crippen LogP contribution in [0.15, 0.2) is 66.7 Å². The van der Waals surface area contributed by atoms with Crippen molar-refractivity contribution in [2.45, 2.75) is 51.6 Å². The normalized spacial score (nSPS) is 13.4. The van der Waals surface area contributed by atoms with Crippen molar-refractivity contribution in [2.75, 3.05) is 26.3 Å². The molecule has 0 saturated carbocycles. The lowest BCUT2D eigenvalue weighted by molar-refractivity contribution is -0.384. The number of aliphatic hydroxyl groups excluding tert-OH is 1. The largest absolute Gasteiger partial charge is 0.490 e. The monoisotopic (exact) mass is 486 g/mol. The van der Waals surface area contributed by atoms with E-state index in [9.17, 15) is 15.2 Å². The Balaban J connectivity index is 1.90. The second-order valence-electron chi connectivity index (χ2n) is 9.94. The van der Waals surface area contributed by atoms with E-state index in [1.54, 1.807) is 12.1 Å². The van der Waals surface area contributed by atoms with Crippen molar-refractivity contribution in [2.24, 2.45) is 0 Å². The van der Waals surface area contributed by atoms with Crippen LogP contribution in [0.2, 0.25) is 18.1 Å². The molecule has 2 aromatic carbocycles. The van der Waals surface area contributed by atoms with Crippen molar-refractivity contribution in [3.63, 3.8) is 0 Å². The highest BCUT2D eigenvalue weighted by molar-refractivity contribution is 6.74. The van der Waals surface area contributed by atoms with E-state index in [1.807, 2.05) is 30.4 Å². The molecule has 8 heteroatoms. The number of hydrogen-bond donors (Lipinski definition) is 1. The number of nitro benzene ring substituents is 1. The number of rotatable bonds is 13. The molecule has 186 valence electrons. The first-order chi connectivity index (χ1) is 16.0. The fraction of sp³-hybridized carbons (Fsp3) is 0.462. The standard InChI is InChI=1S/C26H38N2O5Si/c1-26(2,3)34(4,5)33-21-24(29)20-27(19-22-11-7-6-8-12-22)17-9-10-18-32-25-15-13-23(14-16-25)28(30)31/h6-16,24,29H,17-21H2,1-5H3/b10-9+/t24-/m0/s1. The van der Waals surface area contributed by atoms with Crippen LogP contribution < -0.4 is 4.74 Å². The van der Waals surface area contributed by atoms with Crippen molar-refractivity contribution in [1.29, 1.82) is 0 Å². The van der Waals surface area contributed by atoms with Gasteiger partial charge in [-0.25, -0.2) is 0 Å². The Morgan fingerprint density at radius 3 is 2.32 bits per heavy atom. The molecule has 1 N–H and O–H groups in total. The Hall–Kier alpha value is -2.52. The topological polar surface area (TPSA) is 85.1 Å². The Kier molecular flexibility index (Phi) is 10.4. The van der Waals surface area contributed by atoms with E-state index < -0.39 is 19.3 Å². The summed E-state index contributed by atoms with van der Waals surface area (Å²) in [5, 5.41) is 21.5. The zero-order valence-corrected chi connectivity index (χ0v) is 21.9. The second kappa shape index (κ2) is 12.8. The molecule has 0 radical (unpaired) electrons. The first-order valence-corrected chi connectivity index (χ1v) is 14.5. The molecule has 0 aliphatic heterocycles. The van der Waals surface area contributed by atoms with E-state index in [1.165, 1.54) is 17.7 Å². The summed E-state index contributed by atoms with van der Waals surface area (Å²) in [5.41, 5.74) is 1.21.